The number of hydrogen-bond acceptors (Lipinski definition) is 5. The molecule has 1 fully saturated rings. The number of rotatable bonds is 4. The highest BCUT2D eigenvalue weighted by molar-refractivity contribution is 7.99. The van der Waals surface area contributed by atoms with Crippen LogP contribution >= 0.6 is 23.1 Å². The Hall–Kier alpha value is -0.260. The van der Waals surface area contributed by atoms with Crippen LogP contribution in [0.3, 0.4) is 0 Å². The Kier molecular flexibility index (Phi) is 3.67. The maximum absolute atomic E-state index is 5.27. The van der Waals surface area contributed by atoms with Gasteiger partial charge in [0.1, 0.15) is 0 Å². The van der Waals surface area contributed by atoms with E-state index in [4.69, 9.17) is 5.84 Å². The molecule has 0 unspecified atom stereocenters. The van der Waals surface area contributed by atoms with Crippen LogP contribution in [0.25, 0.3) is 0 Å². The molecule has 0 saturated heterocycles. The van der Waals surface area contributed by atoms with Gasteiger partial charge in [-0.25, -0.2) is 10.8 Å². The van der Waals surface area contributed by atoms with Crippen molar-refractivity contribution in [3.8, 4) is 0 Å². The molecule has 5 heteroatoms. The fraction of sp³-hybridized carbons (Fsp3) is 0.667. The molecular formula is C9H15N3S2. The van der Waals surface area contributed by atoms with Crippen molar-refractivity contribution in [3.05, 3.63) is 11.1 Å². The van der Waals surface area contributed by atoms with E-state index in [9.17, 15) is 0 Å². The minimum absolute atomic E-state index is 0.812. The topological polar surface area (TPSA) is 50.9 Å². The minimum Gasteiger partial charge on any atom is -0.300 e. The highest BCUT2D eigenvalue weighted by atomic mass is 32.2. The van der Waals surface area contributed by atoms with Crippen LogP contribution in [-0.4, -0.2) is 10.2 Å². The molecule has 1 aromatic heterocycles. The van der Waals surface area contributed by atoms with Crippen LogP contribution in [0.4, 0.5) is 5.13 Å². The molecule has 14 heavy (non-hydrogen) atoms. The van der Waals surface area contributed by atoms with E-state index in [0.29, 0.717) is 0 Å². The third-order valence-electron chi connectivity index (χ3n) is 2.44. The second-order valence-electron chi connectivity index (χ2n) is 3.51. The molecule has 1 aliphatic carbocycles. The smallest absolute Gasteiger partial charge is 0.197 e. The monoisotopic (exact) mass is 229 g/mol. The SMILES string of the molecule is NNc1nc(CSC2CCCC2)cs1. The fourth-order valence-electron chi connectivity index (χ4n) is 1.70. The molecule has 0 spiro atoms. The van der Waals surface area contributed by atoms with Crippen molar-refractivity contribution in [2.45, 2.75) is 36.7 Å². The molecule has 1 aliphatic rings. The number of hydrogen-bond donors (Lipinski definition) is 2. The van der Waals surface area contributed by atoms with Gasteiger partial charge < -0.3 is 0 Å². The van der Waals surface area contributed by atoms with Gasteiger partial charge in [-0.3, -0.25) is 5.43 Å². The van der Waals surface area contributed by atoms with Gasteiger partial charge in [-0.15, -0.1) is 11.3 Å². The summed E-state index contributed by atoms with van der Waals surface area (Å²) in [6.45, 7) is 0. The van der Waals surface area contributed by atoms with Crippen LogP contribution in [-0.2, 0) is 5.75 Å². The van der Waals surface area contributed by atoms with Crippen molar-refractivity contribution in [1.82, 2.24) is 4.98 Å². The number of thioether (sulfide) groups is 1. The van der Waals surface area contributed by atoms with Gasteiger partial charge in [-0.05, 0) is 12.8 Å². The molecule has 1 aromatic rings. The normalized spacial score (nSPS) is 17.5. The molecule has 0 atom stereocenters. The van der Waals surface area contributed by atoms with E-state index >= 15 is 0 Å². The summed E-state index contributed by atoms with van der Waals surface area (Å²) in [4.78, 5) is 4.35. The molecule has 0 bridgehead atoms. The molecule has 3 N–H and O–H groups in total. The predicted molar refractivity (Wildman–Crippen MR) is 63.5 cm³/mol. The molecule has 2 rings (SSSR count). The van der Waals surface area contributed by atoms with Gasteiger partial charge in [-0.1, -0.05) is 12.8 Å². The Bertz CT molecular complexity index is 281. The lowest BCUT2D eigenvalue weighted by molar-refractivity contribution is 0.886. The molecule has 3 nitrogen and oxygen atoms in total. The van der Waals surface area contributed by atoms with Gasteiger partial charge >= 0.3 is 0 Å². The quantitative estimate of drug-likeness (QED) is 0.615. The van der Waals surface area contributed by atoms with E-state index in [-0.39, 0.29) is 0 Å². The number of nitrogens with one attached hydrogen (secondary N) is 1. The summed E-state index contributed by atoms with van der Waals surface area (Å²) >= 11 is 3.61. The first-order chi connectivity index (χ1) is 6.88. The van der Waals surface area contributed by atoms with E-state index in [1.807, 2.05) is 11.8 Å². The number of aromatic nitrogens is 1. The number of nitrogens with two attached hydrogens (primary N) is 1. The number of hydrazine groups is 1. The molecular weight excluding hydrogens is 214 g/mol. The van der Waals surface area contributed by atoms with Crippen LogP contribution < -0.4 is 11.3 Å². The summed E-state index contributed by atoms with van der Waals surface area (Å²) in [6, 6.07) is 0. The summed E-state index contributed by atoms with van der Waals surface area (Å²) in [5.41, 5.74) is 3.73. The molecule has 0 radical (unpaired) electrons. The maximum Gasteiger partial charge on any atom is 0.197 e. The Morgan fingerprint density at radius 1 is 1.57 bits per heavy atom. The molecule has 0 amide bonds. The van der Waals surface area contributed by atoms with Crippen LogP contribution in [0.5, 0.6) is 0 Å². The van der Waals surface area contributed by atoms with Crippen molar-refractivity contribution in [1.29, 1.82) is 0 Å². The summed E-state index contributed by atoms with van der Waals surface area (Å²) in [5.74, 6) is 6.30. The minimum atomic E-state index is 0.812. The Balaban J connectivity index is 1.79. The van der Waals surface area contributed by atoms with E-state index in [1.54, 1.807) is 11.3 Å². The predicted octanol–water partition coefficient (Wildman–Crippen LogP) is 2.60. The molecule has 0 aromatic carbocycles. The van der Waals surface area contributed by atoms with Crippen LogP contribution in [0, 0.1) is 0 Å². The van der Waals surface area contributed by atoms with Crippen LogP contribution in [0.1, 0.15) is 31.4 Å². The van der Waals surface area contributed by atoms with Crippen LogP contribution in [0.15, 0.2) is 5.38 Å². The van der Waals surface area contributed by atoms with Gasteiger partial charge in [-0.2, -0.15) is 11.8 Å². The zero-order valence-electron chi connectivity index (χ0n) is 8.03. The van der Waals surface area contributed by atoms with Gasteiger partial charge in [0, 0.05) is 16.4 Å². The maximum atomic E-state index is 5.27. The molecule has 0 aliphatic heterocycles. The van der Waals surface area contributed by atoms with Gasteiger partial charge in [0.25, 0.3) is 0 Å². The second kappa shape index (κ2) is 5.00. The van der Waals surface area contributed by atoms with Crippen molar-refractivity contribution in [2.24, 2.45) is 5.84 Å². The van der Waals surface area contributed by atoms with Crippen LogP contribution in [0.2, 0.25) is 0 Å². The highest BCUT2D eigenvalue weighted by Crippen LogP contribution is 2.31. The van der Waals surface area contributed by atoms with Gasteiger partial charge in [0.2, 0.25) is 0 Å². The van der Waals surface area contributed by atoms with Crippen molar-refractivity contribution in [3.63, 3.8) is 0 Å². The van der Waals surface area contributed by atoms with Gasteiger partial charge in [0.05, 0.1) is 5.69 Å². The lowest BCUT2D eigenvalue weighted by atomic mass is 10.4. The Labute approximate surface area is 92.5 Å². The highest BCUT2D eigenvalue weighted by Gasteiger charge is 2.15. The summed E-state index contributed by atoms with van der Waals surface area (Å²) in [7, 11) is 0. The zero-order chi connectivity index (χ0) is 9.80. The van der Waals surface area contributed by atoms with Crippen molar-refractivity contribution >= 4 is 28.2 Å². The first-order valence-electron chi connectivity index (χ1n) is 4.91. The average Bonchev–Trinajstić information content (AvgIpc) is 2.86. The summed E-state index contributed by atoms with van der Waals surface area (Å²) < 4.78 is 0. The average molecular weight is 229 g/mol. The lowest BCUT2D eigenvalue weighted by Gasteiger charge is -2.05. The van der Waals surface area contributed by atoms with Crippen molar-refractivity contribution < 1.29 is 0 Å². The largest absolute Gasteiger partial charge is 0.300 e. The standard InChI is InChI=1S/C9H15N3S2/c10-12-9-11-7(6-14-9)5-13-8-3-1-2-4-8/h6,8H,1-5,10H2,(H,11,12). The number of thiazole rings is 1. The first kappa shape index (κ1) is 10.3. The second-order valence-corrected chi connectivity index (χ2v) is 5.65. The summed E-state index contributed by atoms with van der Waals surface area (Å²) in [5, 5.41) is 3.76. The molecule has 78 valence electrons. The third-order valence-corrected chi connectivity index (χ3v) is 4.67. The molecule has 1 saturated carbocycles. The number of anilines is 1. The van der Waals surface area contributed by atoms with E-state index in [2.05, 4.69) is 15.8 Å². The zero-order valence-corrected chi connectivity index (χ0v) is 9.66. The first-order valence-corrected chi connectivity index (χ1v) is 6.84. The number of nitrogen functional groups attached to an aromatic ring is 1. The Morgan fingerprint density at radius 3 is 3.00 bits per heavy atom. The lowest BCUT2D eigenvalue weighted by Crippen LogP contribution is -2.06. The van der Waals surface area contributed by atoms with E-state index in [1.165, 1.54) is 25.7 Å². The van der Waals surface area contributed by atoms with E-state index < -0.39 is 0 Å². The molecule has 1 heterocycles. The third kappa shape index (κ3) is 2.62. The fourth-order valence-corrected chi connectivity index (χ4v) is 3.65. The van der Waals surface area contributed by atoms with Gasteiger partial charge in [0.15, 0.2) is 5.13 Å². The van der Waals surface area contributed by atoms with Crippen molar-refractivity contribution in [2.75, 3.05) is 5.43 Å². The number of nitrogens with zero attached hydrogens (tertiary/aromatic N) is 1. The summed E-state index contributed by atoms with van der Waals surface area (Å²) in [6.07, 6.45) is 5.59. The van der Waals surface area contributed by atoms with E-state index in [0.717, 1.165) is 21.8 Å². The Morgan fingerprint density at radius 2 is 2.36 bits per heavy atom.